The number of Topliss-reactive ketones (excluding diaryl/α,β-unsaturated/α-hetero) is 1. The van der Waals surface area contributed by atoms with Gasteiger partial charge in [0.15, 0.2) is 11.7 Å². The van der Waals surface area contributed by atoms with Crippen molar-refractivity contribution in [3.8, 4) is 23.1 Å². The number of carbonyl (C=O) groups is 1. The minimum atomic E-state index is -0.930. The number of benzene rings is 1. The number of methoxy groups -OCH3 is 1. The molecule has 0 aliphatic heterocycles. The highest BCUT2D eigenvalue weighted by molar-refractivity contribution is 7.10. The fourth-order valence-corrected chi connectivity index (χ4v) is 3.26. The van der Waals surface area contributed by atoms with E-state index in [-0.39, 0.29) is 5.78 Å². The molecule has 0 saturated heterocycles. The van der Waals surface area contributed by atoms with Crippen LogP contribution in [-0.4, -0.2) is 22.9 Å². The molecule has 2 heterocycles. The Bertz CT molecular complexity index is 942. The van der Waals surface area contributed by atoms with Crippen molar-refractivity contribution in [3.63, 3.8) is 0 Å². The number of aryl methyl sites for hydroxylation is 1. The first-order valence-electron chi connectivity index (χ1n) is 7.57. The highest BCUT2D eigenvalue weighted by Crippen LogP contribution is 2.29. The molecule has 2 aromatic heterocycles. The molecule has 5 nitrogen and oxygen atoms in total. The zero-order valence-electron chi connectivity index (χ0n) is 13.8. The summed E-state index contributed by atoms with van der Waals surface area (Å²) >= 11 is 1.31. The fourth-order valence-electron chi connectivity index (χ4n) is 2.40. The van der Waals surface area contributed by atoms with Crippen molar-refractivity contribution in [3.05, 3.63) is 64.2 Å². The number of hydrogen-bond donors (Lipinski definition) is 0. The van der Waals surface area contributed by atoms with Gasteiger partial charge in [0.1, 0.15) is 10.8 Å². The Labute approximate surface area is 149 Å². The molecule has 3 aromatic rings. The van der Waals surface area contributed by atoms with Gasteiger partial charge in [0.2, 0.25) is 0 Å². The second-order valence-electron chi connectivity index (χ2n) is 5.48. The largest absolute Gasteiger partial charge is 0.497 e. The average Bonchev–Trinajstić information content (AvgIpc) is 3.12. The van der Waals surface area contributed by atoms with Crippen LogP contribution in [0.25, 0.3) is 11.3 Å². The monoisotopic (exact) mass is 349 g/mol. The van der Waals surface area contributed by atoms with Crippen molar-refractivity contribution in [2.45, 2.75) is 12.8 Å². The van der Waals surface area contributed by atoms with Crippen LogP contribution >= 0.6 is 11.3 Å². The van der Waals surface area contributed by atoms with Gasteiger partial charge in [-0.25, -0.2) is 4.98 Å². The summed E-state index contributed by atoms with van der Waals surface area (Å²) in [6, 6.07) is 11.3. The Morgan fingerprint density at radius 3 is 2.68 bits per heavy atom. The lowest BCUT2D eigenvalue weighted by molar-refractivity contribution is 0.0978. The molecule has 0 saturated carbocycles. The smallest absolute Gasteiger partial charge is 0.188 e. The van der Waals surface area contributed by atoms with E-state index in [9.17, 15) is 10.1 Å². The van der Waals surface area contributed by atoms with E-state index < -0.39 is 5.92 Å². The standard InChI is InChI=1S/C19H15N3O2S/c1-12-7-14(10-21-9-12)18(23)16(8-20)19-22-17(11-25-19)13-3-5-15(24-2)6-4-13/h3-7,9-11,16H,1-2H3/t16-/m1/s1. The van der Waals surface area contributed by atoms with Gasteiger partial charge in [-0.1, -0.05) is 0 Å². The van der Waals surface area contributed by atoms with Gasteiger partial charge < -0.3 is 4.74 Å². The van der Waals surface area contributed by atoms with E-state index in [2.05, 4.69) is 16.0 Å². The maximum absolute atomic E-state index is 12.6. The highest BCUT2D eigenvalue weighted by Gasteiger charge is 2.25. The predicted octanol–water partition coefficient (Wildman–Crippen LogP) is 4.01. The van der Waals surface area contributed by atoms with Crippen molar-refractivity contribution in [2.24, 2.45) is 0 Å². The lowest BCUT2D eigenvalue weighted by atomic mass is 10.00. The molecule has 0 amide bonds. The number of hydrogen-bond acceptors (Lipinski definition) is 6. The maximum Gasteiger partial charge on any atom is 0.188 e. The molecule has 0 N–H and O–H groups in total. The van der Waals surface area contributed by atoms with E-state index in [0.29, 0.717) is 10.6 Å². The second-order valence-corrected chi connectivity index (χ2v) is 6.37. The quantitative estimate of drug-likeness (QED) is 0.651. The van der Waals surface area contributed by atoms with Crippen LogP contribution in [-0.2, 0) is 0 Å². The van der Waals surface area contributed by atoms with Crippen LogP contribution in [0.3, 0.4) is 0 Å². The SMILES string of the molecule is COc1ccc(-c2csc([C@H](C#N)C(=O)c3cncc(C)c3)n2)cc1. The summed E-state index contributed by atoms with van der Waals surface area (Å²) in [7, 11) is 1.61. The van der Waals surface area contributed by atoms with Gasteiger partial charge in [-0.05, 0) is 42.8 Å². The average molecular weight is 349 g/mol. The first kappa shape index (κ1) is 16.8. The highest BCUT2D eigenvalue weighted by atomic mass is 32.1. The Morgan fingerprint density at radius 2 is 2.04 bits per heavy atom. The Morgan fingerprint density at radius 1 is 1.28 bits per heavy atom. The number of nitriles is 1. The third-order valence-corrected chi connectivity index (χ3v) is 4.62. The number of ether oxygens (including phenoxy) is 1. The summed E-state index contributed by atoms with van der Waals surface area (Å²) in [6.07, 6.45) is 3.15. The number of carbonyl (C=O) groups excluding carboxylic acids is 1. The molecule has 0 aliphatic rings. The molecule has 1 atom stereocenters. The third kappa shape index (κ3) is 3.57. The van der Waals surface area contributed by atoms with Gasteiger partial charge in [0, 0.05) is 28.9 Å². The first-order chi connectivity index (χ1) is 12.1. The van der Waals surface area contributed by atoms with Crippen LogP contribution in [0.2, 0.25) is 0 Å². The number of ketones is 1. The summed E-state index contributed by atoms with van der Waals surface area (Å²) in [5, 5.41) is 11.8. The van der Waals surface area contributed by atoms with E-state index in [1.54, 1.807) is 19.4 Å². The normalized spacial score (nSPS) is 11.6. The first-order valence-corrected chi connectivity index (χ1v) is 8.45. The van der Waals surface area contributed by atoms with Gasteiger partial charge in [0.05, 0.1) is 18.9 Å². The molecule has 25 heavy (non-hydrogen) atoms. The van der Waals surface area contributed by atoms with Crippen molar-refractivity contribution < 1.29 is 9.53 Å². The Kier molecular flexibility index (Phi) is 4.87. The molecule has 6 heteroatoms. The van der Waals surface area contributed by atoms with Crippen LogP contribution < -0.4 is 4.74 Å². The number of rotatable bonds is 5. The predicted molar refractivity (Wildman–Crippen MR) is 95.8 cm³/mol. The maximum atomic E-state index is 12.6. The Balaban J connectivity index is 1.88. The van der Waals surface area contributed by atoms with E-state index >= 15 is 0 Å². The van der Waals surface area contributed by atoms with Gasteiger partial charge in [-0.2, -0.15) is 5.26 Å². The van der Waals surface area contributed by atoms with Crippen molar-refractivity contribution in [1.29, 1.82) is 5.26 Å². The molecule has 124 valence electrons. The lowest BCUT2D eigenvalue weighted by Crippen LogP contribution is -2.11. The number of nitrogens with zero attached hydrogens (tertiary/aromatic N) is 3. The van der Waals surface area contributed by atoms with Crippen LogP contribution in [0, 0.1) is 18.3 Å². The van der Waals surface area contributed by atoms with Crippen LogP contribution in [0.15, 0.2) is 48.1 Å². The minimum Gasteiger partial charge on any atom is -0.497 e. The zero-order chi connectivity index (χ0) is 17.8. The summed E-state index contributed by atoms with van der Waals surface area (Å²) in [5.41, 5.74) is 2.94. The van der Waals surface area contributed by atoms with Crippen LogP contribution in [0.5, 0.6) is 5.75 Å². The van der Waals surface area contributed by atoms with Crippen LogP contribution in [0.4, 0.5) is 0 Å². The molecule has 3 rings (SSSR count). The number of thiazole rings is 1. The van der Waals surface area contributed by atoms with Crippen molar-refractivity contribution in [2.75, 3.05) is 7.11 Å². The third-order valence-electron chi connectivity index (χ3n) is 3.71. The summed E-state index contributed by atoms with van der Waals surface area (Å²) < 4.78 is 5.14. The Hall–Kier alpha value is -3.04. The molecule has 1 aromatic carbocycles. The van der Waals surface area contributed by atoms with Crippen LogP contribution in [0.1, 0.15) is 26.8 Å². The molecule has 0 bridgehead atoms. The zero-order valence-corrected chi connectivity index (χ0v) is 14.6. The molecule has 0 unspecified atom stereocenters. The van der Waals surface area contributed by atoms with E-state index in [1.165, 1.54) is 17.5 Å². The summed E-state index contributed by atoms with van der Waals surface area (Å²) in [4.78, 5) is 21.2. The molecular weight excluding hydrogens is 334 g/mol. The minimum absolute atomic E-state index is 0.283. The van der Waals surface area contributed by atoms with Gasteiger partial charge in [-0.15, -0.1) is 11.3 Å². The fraction of sp³-hybridized carbons (Fsp3) is 0.158. The lowest BCUT2D eigenvalue weighted by Gasteiger charge is -2.05. The van der Waals surface area contributed by atoms with Crippen molar-refractivity contribution in [1.82, 2.24) is 9.97 Å². The number of pyridine rings is 1. The number of aromatic nitrogens is 2. The topological polar surface area (TPSA) is 75.9 Å². The van der Waals surface area contributed by atoms with Gasteiger partial charge in [-0.3, -0.25) is 9.78 Å². The molecular formula is C19H15N3O2S. The van der Waals surface area contributed by atoms with E-state index in [1.807, 2.05) is 36.6 Å². The van der Waals surface area contributed by atoms with E-state index in [0.717, 1.165) is 22.6 Å². The molecule has 0 aliphatic carbocycles. The summed E-state index contributed by atoms with van der Waals surface area (Å²) in [5.74, 6) is -0.453. The second kappa shape index (κ2) is 7.24. The molecule has 0 radical (unpaired) electrons. The molecule has 0 spiro atoms. The van der Waals surface area contributed by atoms with E-state index in [4.69, 9.17) is 4.74 Å². The van der Waals surface area contributed by atoms with Gasteiger partial charge >= 0.3 is 0 Å². The summed E-state index contributed by atoms with van der Waals surface area (Å²) in [6.45, 7) is 1.86. The van der Waals surface area contributed by atoms with Gasteiger partial charge in [0.25, 0.3) is 0 Å². The van der Waals surface area contributed by atoms with Crippen molar-refractivity contribution >= 4 is 17.1 Å². The molecule has 0 fully saturated rings.